The largest absolute Gasteiger partial charge is 0.390 e. The molecule has 1 N–H and O–H groups in total. The molecule has 0 aliphatic heterocycles. The lowest BCUT2D eigenvalue weighted by atomic mass is 9.88. The fourth-order valence-electron chi connectivity index (χ4n) is 1.99. The van der Waals surface area contributed by atoms with Crippen LogP contribution >= 0.6 is 0 Å². The van der Waals surface area contributed by atoms with Gasteiger partial charge in [-0.3, -0.25) is 0 Å². The van der Waals surface area contributed by atoms with Crippen LogP contribution in [-0.2, 0) is 0 Å². The topological polar surface area (TPSA) is 20.2 Å². The summed E-state index contributed by atoms with van der Waals surface area (Å²) in [6.45, 7) is 6.11. The van der Waals surface area contributed by atoms with Gasteiger partial charge in [0.25, 0.3) is 0 Å². The number of allylic oxidation sites excluding steroid dienone is 2. The Kier molecular flexibility index (Phi) is 4.18. The molecule has 1 aliphatic rings. The monoisotopic (exact) mass is 196 g/mol. The van der Waals surface area contributed by atoms with Gasteiger partial charge in [0.05, 0.1) is 5.60 Å². The molecule has 0 bridgehead atoms. The van der Waals surface area contributed by atoms with Crippen LogP contribution in [-0.4, -0.2) is 10.7 Å². The summed E-state index contributed by atoms with van der Waals surface area (Å²) in [6.07, 6.45) is 9.55. The molecule has 0 radical (unpaired) electrons. The average molecular weight is 196 g/mol. The zero-order valence-electron chi connectivity index (χ0n) is 9.84. The van der Waals surface area contributed by atoms with Gasteiger partial charge in [0.2, 0.25) is 0 Å². The van der Waals surface area contributed by atoms with Crippen LogP contribution < -0.4 is 0 Å². The summed E-state index contributed by atoms with van der Waals surface area (Å²) in [5, 5.41) is 9.57. The lowest BCUT2D eigenvalue weighted by Crippen LogP contribution is -2.18. The fourth-order valence-corrected chi connectivity index (χ4v) is 1.99. The number of hydrogen-bond acceptors (Lipinski definition) is 1. The lowest BCUT2D eigenvalue weighted by Gasteiger charge is -2.20. The van der Waals surface area contributed by atoms with Crippen molar-refractivity contribution in [3.05, 3.63) is 11.6 Å². The molecule has 1 unspecified atom stereocenters. The Hall–Kier alpha value is -0.300. The molecule has 0 saturated heterocycles. The standard InChI is InChI=1S/C13H24O/c1-11-6-8-12(9-7-11)5-4-10-13(2,3)14/h8,11,14H,4-7,9-10H2,1-3H3. The molecule has 0 heterocycles. The molecule has 82 valence electrons. The van der Waals surface area contributed by atoms with E-state index in [1.54, 1.807) is 5.57 Å². The Morgan fingerprint density at radius 3 is 2.71 bits per heavy atom. The van der Waals surface area contributed by atoms with Crippen LogP contribution in [0.3, 0.4) is 0 Å². The predicted octanol–water partition coefficient (Wildman–Crippen LogP) is 3.67. The van der Waals surface area contributed by atoms with Crippen molar-refractivity contribution < 1.29 is 5.11 Å². The predicted molar refractivity (Wildman–Crippen MR) is 61.2 cm³/mol. The van der Waals surface area contributed by atoms with Crippen LogP contribution in [0.5, 0.6) is 0 Å². The number of rotatable bonds is 4. The molecule has 0 saturated carbocycles. The van der Waals surface area contributed by atoms with Crippen molar-refractivity contribution in [2.75, 3.05) is 0 Å². The van der Waals surface area contributed by atoms with Gasteiger partial charge in [-0.15, -0.1) is 0 Å². The molecule has 14 heavy (non-hydrogen) atoms. The summed E-state index contributed by atoms with van der Waals surface area (Å²) in [6, 6.07) is 0. The third-order valence-electron chi connectivity index (χ3n) is 3.05. The third kappa shape index (κ3) is 4.80. The Balaban J connectivity index is 2.19. The lowest BCUT2D eigenvalue weighted by molar-refractivity contribution is 0.0688. The van der Waals surface area contributed by atoms with E-state index in [1.165, 1.54) is 25.7 Å². The van der Waals surface area contributed by atoms with Crippen molar-refractivity contribution in [3.8, 4) is 0 Å². The average Bonchev–Trinajstić information content (AvgIpc) is 2.06. The van der Waals surface area contributed by atoms with E-state index in [-0.39, 0.29) is 0 Å². The minimum Gasteiger partial charge on any atom is -0.390 e. The van der Waals surface area contributed by atoms with Gasteiger partial charge in [0.15, 0.2) is 0 Å². The highest BCUT2D eigenvalue weighted by Gasteiger charge is 2.13. The SMILES string of the molecule is CC1CC=C(CCCC(C)(C)O)CC1. The first-order valence-corrected chi connectivity index (χ1v) is 5.88. The molecule has 0 aromatic rings. The maximum Gasteiger partial charge on any atom is 0.0591 e. The molecule has 0 fully saturated rings. The summed E-state index contributed by atoms with van der Waals surface area (Å²) in [4.78, 5) is 0. The van der Waals surface area contributed by atoms with E-state index in [1.807, 2.05) is 13.8 Å². The second-order valence-corrected chi connectivity index (χ2v) is 5.41. The second-order valence-electron chi connectivity index (χ2n) is 5.41. The van der Waals surface area contributed by atoms with Crippen LogP contribution in [0.15, 0.2) is 11.6 Å². The van der Waals surface area contributed by atoms with Gasteiger partial charge in [-0.05, 0) is 58.3 Å². The molecular formula is C13H24O. The molecule has 1 heteroatoms. The van der Waals surface area contributed by atoms with Gasteiger partial charge >= 0.3 is 0 Å². The Bertz CT molecular complexity index is 198. The summed E-state index contributed by atoms with van der Waals surface area (Å²) in [7, 11) is 0. The summed E-state index contributed by atoms with van der Waals surface area (Å²) < 4.78 is 0. The highest BCUT2D eigenvalue weighted by Crippen LogP contribution is 2.26. The van der Waals surface area contributed by atoms with Crippen molar-refractivity contribution in [3.63, 3.8) is 0 Å². The summed E-state index contributed by atoms with van der Waals surface area (Å²) in [5.41, 5.74) is 1.13. The fraction of sp³-hybridized carbons (Fsp3) is 0.846. The highest BCUT2D eigenvalue weighted by molar-refractivity contribution is 5.06. The van der Waals surface area contributed by atoms with Gasteiger partial charge < -0.3 is 5.11 Å². The van der Waals surface area contributed by atoms with E-state index in [9.17, 15) is 5.11 Å². The van der Waals surface area contributed by atoms with E-state index in [2.05, 4.69) is 13.0 Å². The quantitative estimate of drug-likeness (QED) is 0.680. The van der Waals surface area contributed by atoms with Crippen LogP contribution in [0.2, 0.25) is 0 Å². The minimum absolute atomic E-state index is 0.484. The molecular weight excluding hydrogens is 172 g/mol. The first-order valence-electron chi connectivity index (χ1n) is 5.88. The van der Waals surface area contributed by atoms with E-state index < -0.39 is 5.60 Å². The first kappa shape index (κ1) is 11.8. The maximum atomic E-state index is 9.57. The minimum atomic E-state index is -0.484. The normalized spacial score (nSPS) is 23.4. The number of hydrogen-bond donors (Lipinski definition) is 1. The first-order chi connectivity index (χ1) is 6.47. The molecule has 0 amide bonds. The van der Waals surface area contributed by atoms with Gasteiger partial charge in [-0.25, -0.2) is 0 Å². The molecule has 1 aliphatic carbocycles. The van der Waals surface area contributed by atoms with Gasteiger partial charge in [0.1, 0.15) is 0 Å². The summed E-state index contributed by atoms with van der Waals surface area (Å²) in [5.74, 6) is 0.882. The Morgan fingerprint density at radius 2 is 2.21 bits per heavy atom. The van der Waals surface area contributed by atoms with Gasteiger partial charge in [0, 0.05) is 0 Å². The molecule has 1 nitrogen and oxygen atoms in total. The van der Waals surface area contributed by atoms with Gasteiger partial charge in [-0.2, -0.15) is 0 Å². The molecule has 1 rings (SSSR count). The van der Waals surface area contributed by atoms with Crippen LogP contribution in [0.25, 0.3) is 0 Å². The van der Waals surface area contributed by atoms with Crippen molar-refractivity contribution in [1.82, 2.24) is 0 Å². The van der Waals surface area contributed by atoms with Crippen LogP contribution in [0, 0.1) is 5.92 Å². The van der Waals surface area contributed by atoms with Crippen molar-refractivity contribution >= 4 is 0 Å². The van der Waals surface area contributed by atoms with Crippen molar-refractivity contribution in [2.24, 2.45) is 5.92 Å². The second kappa shape index (κ2) is 4.97. The Morgan fingerprint density at radius 1 is 1.50 bits per heavy atom. The van der Waals surface area contributed by atoms with Gasteiger partial charge in [-0.1, -0.05) is 18.6 Å². The highest BCUT2D eigenvalue weighted by atomic mass is 16.3. The third-order valence-corrected chi connectivity index (χ3v) is 3.05. The zero-order valence-corrected chi connectivity index (χ0v) is 9.84. The molecule has 1 atom stereocenters. The summed E-state index contributed by atoms with van der Waals surface area (Å²) >= 11 is 0. The molecule has 0 aromatic heterocycles. The van der Waals surface area contributed by atoms with Crippen LogP contribution in [0.1, 0.15) is 59.3 Å². The van der Waals surface area contributed by atoms with Crippen molar-refractivity contribution in [2.45, 2.75) is 64.9 Å². The van der Waals surface area contributed by atoms with Crippen molar-refractivity contribution in [1.29, 1.82) is 0 Å². The number of aliphatic hydroxyl groups is 1. The van der Waals surface area contributed by atoms with E-state index >= 15 is 0 Å². The van der Waals surface area contributed by atoms with E-state index in [4.69, 9.17) is 0 Å². The molecule has 0 spiro atoms. The maximum absolute atomic E-state index is 9.57. The zero-order chi connectivity index (χ0) is 10.6. The van der Waals surface area contributed by atoms with Crippen LogP contribution in [0.4, 0.5) is 0 Å². The molecule has 0 aromatic carbocycles. The van der Waals surface area contributed by atoms with E-state index in [0.717, 1.165) is 18.8 Å². The van der Waals surface area contributed by atoms with E-state index in [0.29, 0.717) is 0 Å². The smallest absolute Gasteiger partial charge is 0.0591 e. The Labute approximate surface area is 88.2 Å².